The molecule has 239 valence electrons. The second kappa shape index (κ2) is 16.4. The molecule has 0 saturated carbocycles. The first-order valence-corrected chi connectivity index (χ1v) is 16.7. The predicted molar refractivity (Wildman–Crippen MR) is 187 cm³/mol. The molecule has 6 heteroatoms. The third kappa shape index (κ3) is 8.76. The minimum atomic E-state index is 0. The van der Waals surface area contributed by atoms with Crippen molar-refractivity contribution >= 4 is 38.0 Å². The van der Waals surface area contributed by atoms with Gasteiger partial charge in [0.25, 0.3) is 0 Å². The Morgan fingerprint density at radius 3 is 2.20 bits per heavy atom. The van der Waals surface area contributed by atoms with Gasteiger partial charge in [0, 0.05) is 59.4 Å². The van der Waals surface area contributed by atoms with Crippen LogP contribution in [0, 0.1) is 17.9 Å². The van der Waals surface area contributed by atoms with Crippen molar-refractivity contribution in [1.29, 1.82) is 0 Å². The number of rotatable bonds is 9. The number of ketones is 1. The van der Waals surface area contributed by atoms with Crippen molar-refractivity contribution in [1.82, 2.24) is 9.97 Å². The van der Waals surface area contributed by atoms with E-state index >= 15 is 0 Å². The number of aliphatic hydroxyl groups excluding tert-OH is 1. The Kier molecular flexibility index (Phi) is 13.2. The number of aliphatic hydroxyl groups is 1. The molecule has 0 fully saturated rings. The summed E-state index contributed by atoms with van der Waals surface area (Å²) in [4.78, 5) is 20.9. The molecule has 1 N–H and O–H groups in total. The molecule has 3 aromatic carbocycles. The van der Waals surface area contributed by atoms with Crippen LogP contribution < -0.4 is 0 Å². The van der Waals surface area contributed by atoms with Gasteiger partial charge in [0.05, 0.1) is 11.5 Å². The fourth-order valence-corrected chi connectivity index (χ4v) is 6.45. The molecule has 5 aromatic rings. The molecule has 0 unspecified atom stereocenters. The molecule has 0 amide bonds. The van der Waals surface area contributed by atoms with Crippen molar-refractivity contribution in [2.24, 2.45) is 11.8 Å². The van der Waals surface area contributed by atoms with Gasteiger partial charge in [-0.05, 0) is 54.7 Å². The quantitative estimate of drug-likeness (QED) is 0.0917. The number of hydrogen-bond acceptors (Lipinski definition) is 5. The van der Waals surface area contributed by atoms with E-state index < -0.39 is 0 Å². The smallest absolute Gasteiger partial charge is 0.162 e. The molecular formula is C39H45IrN2O2S-. The van der Waals surface area contributed by atoms with Crippen LogP contribution in [0.2, 0.25) is 0 Å². The Balaban J connectivity index is 0.000000297. The summed E-state index contributed by atoms with van der Waals surface area (Å²) < 4.78 is 1.27. The number of carbonyl (C=O) groups is 1. The van der Waals surface area contributed by atoms with Crippen LogP contribution in [-0.4, -0.2) is 20.9 Å². The Hall–Kier alpha value is -3.18. The molecule has 0 aliphatic heterocycles. The topological polar surface area (TPSA) is 63.1 Å². The van der Waals surface area contributed by atoms with Gasteiger partial charge in [0.15, 0.2) is 5.78 Å². The van der Waals surface area contributed by atoms with E-state index in [1.165, 1.54) is 27.1 Å². The van der Waals surface area contributed by atoms with Crippen molar-refractivity contribution in [3.05, 3.63) is 95.8 Å². The zero-order valence-corrected chi connectivity index (χ0v) is 30.7. The van der Waals surface area contributed by atoms with Crippen LogP contribution in [0.15, 0.2) is 84.2 Å². The molecule has 2 aromatic heterocycles. The summed E-state index contributed by atoms with van der Waals surface area (Å²) in [5, 5.41) is 15.5. The number of allylic oxidation sites excluding steroid dienone is 2. The number of nitrogens with zero attached hydrogens (tertiary/aromatic N) is 2. The largest absolute Gasteiger partial charge is 0.512 e. The molecular weight excluding hydrogens is 753 g/mol. The van der Waals surface area contributed by atoms with E-state index in [-0.39, 0.29) is 48.9 Å². The van der Waals surface area contributed by atoms with Crippen molar-refractivity contribution in [3.8, 4) is 22.5 Å². The number of benzene rings is 3. The van der Waals surface area contributed by atoms with E-state index in [1.54, 1.807) is 17.7 Å². The molecule has 5 rings (SSSR count). The summed E-state index contributed by atoms with van der Waals surface area (Å²) in [7, 11) is 0. The molecule has 4 nitrogen and oxygen atoms in total. The number of thiophene rings is 1. The van der Waals surface area contributed by atoms with Gasteiger partial charge in [-0.2, -0.15) is 0 Å². The van der Waals surface area contributed by atoms with Crippen molar-refractivity contribution in [2.45, 2.75) is 79.6 Å². The molecule has 0 saturated heterocycles. The van der Waals surface area contributed by atoms with Gasteiger partial charge >= 0.3 is 0 Å². The molecule has 45 heavy (non-hydrogen) atoms. The first-order valence-electron chi connectivity index (χ1n) is 15.8. The third-order valence-electron chi connectivity index (χ3n) is 8.38. The van der Waals surface area contributed by atoms with E-state index in [2.05, 4.69) is 103 Å². The van der Waals surface area contributed by atoms with Crippen LogP contribution in [0.5, 0.6) is 0 Å². The van der Waals surface area contributed by atoms with E-state index in [4.69, 9.17) is 0 Å². The van der Waals surface area contributed by atoms with Crippen LogP contribution >= 0.6 is 11.3 Å². The summed E-state index contributed by atoms with van der Waals surface area (Å²) in [5.41, 5.74) is 5.33. The normalized spacial score (nSPS) is 11.9. The van der Waals surface area contributed by atoms with Crippen molar-refractivity contribution < 1.29 is 30.0 Å². The number of aromatic nitrogens is 2. The fraction of sp³-hybridized carbons (Fsp3) is 0.359. The Morgan fingerprint density at radius 2 is 1.53 bits per heavy atom. The summed E-state index contributed by atoms with van der Waals surface area (Å²) in [5.74, 6) is 0.547. The zero-order valence-electron chi connectivity index (χ0n) is 27.5. The minimum Gasteiger partial charge on any atom is -0.512 e. The molecule has 0 atom stereocenters. The fourth-order valence-electron chi connectivity index (χ4n) is 5.64. The van der Waals surface area contributed by atoms with Crippen LogP contribution in [0.3, 0.4) is 0 Å². The summed E-state index contributed by atoms with van der Waals surface area (Å²) in [6, 6.07) is 24.9. The average Bonchev–Trinajstić information content (AvgIpc) is 3.51. The second-order valence-corrected chi connectivity index (χ2v) is 13.3. The third-order valence-corrected chi connectivity index (χ3v) is 9.26. The van der Waals surface area contributed by atoms with Crippen molar-refractivity contribution in [2.75, 3.05) is 0 Å². The second-order valence-electron chi connectivity index (χ2n) is 12.3. The molecule has 2 heterocycles. The van der Waals surface area contributed by atoms with Gasteiger partial charge in [-0.3, -0.25) is 9.78 Å². The van der Waals surface area contributed by atoms with Gasteiger partial charge in [-0.1, -0.05) is 89.7 Å². The number of carbonyl (C=O) groups excluding carboxylic acids is 1. The van der Waals surface area contributed by atoms with Crippen LogP contribution in [0.25, 0.3) is 43.4 Å². The molecule has 1 radical (unpaired) electrons. The Bertz CT molecular complexity index is 1740. The maximum atomic E-state index is 11.7. The predicted octanol–water partition coefficient (Wildman–Crippen LogP) is 11.1. The van der Waals surface area contributed by atoms with E-state index in [0.717, 1.165) is 53.6 Å². The maximum Gasteiger partial charge on any atom is 0.162 e. The van der Waals surface area contributed by atoms with Gasteiger partial charge in [-0.25, -0.2) is 4.98 Å². The molecule has 0 spiro atoms. The zero-order chi connectivity index (χ0) is 31.9. The minimum absolute atomic E-state index is 0. The monoisotopic (exact) mass is 798 g/mol. The standard InChI is InChI=1S/C26H21N2S.C13H24O2.Ir/c1-26(2,3)22-14-18(13-17-7-4-5-8-19(17)22)23-15-24(28-16-27-23)20-9-6-10-25-21(20)11-12-29-25;1-5-10(6-2)12(14)9-13(15)11(7-3)8-4;/h4-12,14-16H,1-3H3;9-11,14H,5-8H2,1-4H3;/q-1;;/b;12-9-;. The van der Waals surface area contributed by atoms with Gasteiger partial charge in [0.2, 0.25) is 0 Å². The summed E-state index contributed by atoms with van der Waals surface area (Å²) in [6.45, 7) is 14.8. The first kappa shape index (κ1) is 36.3. The average molecular weight is 798 g/mol. The van der Waals surface area contributed by atoms with Gasteiger partial charge < -0.3 is 5.11 Å². The Morgan fingerprint density at radius 1 is 0.867 bits per heavy atom. The van der Waals surface area contributed by atoms with E-state index in [1.807, 2.05) is 27.7 Å². The molecule has 0 aliphatic carbocycles. The molecule has 0 aliphatic rings. The SMILES string of the molecule is CC(C)(C)c1cc(-c2cc(-c3cccc4sccc34)ncn2)[c-]c2ccccc12.CCC(CC)C(=O)/C=C(\O)C(CC)CC.[Ir]. The van der Waals surface area contributed by atoms with Crippen LogP contribution in [-0.2, 0) is 30.3 Å². The first-order chi connectivity index (χ1) is 21.1. The van der Waals surface area contributed by atoms with Gasteiger partial charge in [0.1, 0.15) is 6.33 Å². The van der Waals surface area contributed by atoms with Crippen molar-refractivity contribution in [3.63, 3.8) is 0 Å². The Labute approximate surface area is 286 Å². The maximum absolute atomic E-state index is 11.7. The van der Waals surface area contributed by atoms with E-state index in [9.17, 15) is 9.90 Å². The van der Waals surface area contributed by atoms with Gasteiger partial charge in [-0.15, -0.1) is 40.5 Å². The summed E-state index contributed by atoms with van der Waals surface area (Å²) >= 11 is 1.75. The molecule has 0 bridgehead atoms. The summed E-state index contributed by atoms with van der Waals surface area (Å²) in [6.07, 6.45) is 6.57. The number of fused-ring (bicyclic) bond motifs is 2. The van der Waals surface area contributed by atoms with Crippen LogP contribution in [0.4, 0.5) is 0 Å². The van der Waals surface area contributed by atoms with E-state index in [0.29, 0.717) is 0 Å². The number of hydrogen-bond donors (Lipinski definition) is 1. The van der Waals surface area contributed by atoms with Crippen LogP contribution in [0.1, 0.15) is 79.7 Å².